The normalized spacial score (nSPS) is 12.2. The summed E-state index contributed by atoms with van der Waals surface area (Å²) in [6, 6.07) is 46.1. The molecule has 0 saturated heterocycles. The lowest BCUT2D eigenvalue weighted by Crippen LogP contribution is -1.84. The number of hydrogen-bond acceptors (Lipinski definition) is 1. The van der Waals surface area contributed by atoms with Gasteiger partial charge in [0.15, 0.2) is 0 Å². The highest BCUT2D eigenvalue weighted by molar-refractivity contribution is 6.15. The maximum atomic E-state index is 11.4. The van der Waals surface area contributed by atoms with Crippen LogP contribution in [0.2, 0.25) is 0 Å². The quantitative estimate of drug-likeness (QED) is 0.208. The van der Waals surface area contributed by atoms with Crippen LogP contribution in [-0.2, 0) is 0 Å². The Morgan fingerprint density at radius 1 is 0.256 bits per heavy atom. The molecule has 0 bridgehead atoms. The van der Waals surface area contributed by atoms with Gasteiger partial charge in [0.1, 0.15) is 5.75 Å². The Morgan fingerprint density at radius 2 is 0.487 bits per heavy atom. The molecule has 0 fully saturated rings. The van der Waals surface area contributed by atoms with E-state index in [1.165, 1.54) is 53.9 Å². The van der Waals surface area contributed by atoms with Crippen molar-refractivity contribution in [2.24, 2.45) is 0 Å². The van der Waals surface area contributed by atoms with E-state index in [1.807, 2.05) is 6.07 Å². The molecular formula is C38H22O. The van der Waals surface area contributed by atoms with Gasteiger partial charge < -0.3 is 5.11 Å². The predicted octanol–water partition coefficient (Wildman–Crippen LogP) is 10.6. The van der Waals surface area contributed by atoms with E-state index in [2.05, 4.69) is 121 Å². The van der Waals surface area contributed by atoms with Gasteiger partial charge in [-0.25, -0.2) is 0 Å². The van der Waals surface area contributed by atoms with Crippen LogP contribution >= 0.6 is 0 Å². The number of phenols is 1. The van der Waals surface area contributed by atoms with E-state index >= 15 is 0 Å². The third-order valence-corrected chi connectivity index (χ3v) is 8.48. The second-order valence-corrected chi connectivity index (χ2v) is 10.9. The monoisotopic (exact) mass is 494 g/mol. The highest BCUT2D eigenvalue weighted by atomic mass is 16.3. The van der Waals surface area contributed by atoms with E-state index < -0.39 is 0 Å². The molecule has 0 amide bonds. The number of fused-ring (bicyclic) bond motifs is 8. The van der Waals surface area contributed by atoms with Crippen LogP contribution in [0.1, 0.15) is 0 Å². The van der Waals surface area contributed by atoms with Gasteiger partial charge >= 0.3 is 0 Å². The van der Waals surface area contributed by atoms with Gasteiger partial charge in [-0.15, -0.1) is 0 Å². The van der Waals surface area contributed by atoms with Crippen molar-refractivity contribution in [1.82, 2.24) is 0 Å². The summed E-state index contributed by atoms with van der Waals surface area (Å²) in [5.74, 6) is 0.354. The minimum absolute atomic E-state index is 0.354. The Morgan fingerprint density at radius 3 is 0.897 bits per heavy atom. The van der Waals surface area contributed by atoms with E-state index in [1.54, 1.807) is 0 Å². The first-order valence-electron chi connectivity index (χ1n) is 13.4. The first-order valence-corrected chi connectivity index (χ1v) is 13.4. The molecule has 9 aromatic rings. The van der Waals surface area contributed by atoms with E-state index in [9.17, 15) is 5.11 Å². The van der Waals surface area contributed by atoms with Crippen molar-refractivity contribution in [3.8, 4) is 5.75 Å². The zero-order valence-electron chi connectivity index (χ0n) is 21.1. The Balaban J connectivity index is 1.30. The number of rotatable bonds is 0. The largest absolute Gasteiger partial charge is 0.507 e. The molecule has 0 aliphatic heterocycles. The molecule has 180 valence electrons. The lowest BCUT2D eigenvalue weighted by molar-refractivity contribution is 0.488. The molecular weight excluding hydrogens is 472 g/mol. The predicted molar refractivity (Wildman–Crippen MR) is 168 cm³/mol. The third kappa shape index (κ3) is 3.08. The first kappa shape index (κ1) is 20.9. The molecule has 1 heteroatoms. The second kappa shape index (κ2) is 7.46. The maximum absolute atomic E-state index is 11.4. The zero-order chi connectivity index (χ0) is 25.7. The van der Waals surface area contributed by atoms with Crippen LogP contribution in [0.5, 0.6) is 5.75 Å². The number of phenolic OH excluding ortho intramolecular Hbond substituents is 1. The molecule has 0 aromatic heterocycles. The Hall–Kier alpha value is -5.14. The summed E-state index contributed by atoms with van der Waals surface area (Å²) in [5, 5.41) is 29.9. The molecule has 0 saturated carbocycles. The van der Waals surface area contributed by atoms with Crippen molar-refractivity contribution in [2.45, 2.75) is 0 Å². The molecule has 0 radical (unpaired) electrons. The molecule has 0 heterocycles. The van der Waals surface area contributed by atoms with Crippen LogP contribution < -0.4 is 0 Å². The minimum Gasteiger partial charge on any atom is -0.507 e. The van der Waals surface area contributed by atoms with Gasteiger partial charge in [0.2, 0.25) is 0 Å². The summed E-state index contributed by atoms with van der Waals surface area (Å²) < 4.78 is 0. The molecule has 39 heavy (non-hydrogen) atoms. The molecule has 9 aromatic carbocycles. The van der Waals surface area contributed by atoms with E-state index in [4.69, 9.17) is 0 Å². The van der Waals surface area contributed by atoms with E-state index in [-0.39, 0.29) is 0 Å². The molecule has 0 aliphatic carbocycles. The number of benzene rings is 9. The van der Waals surface area contributed by atoms with Gasteiger partial charge in [-0.1, -0.05) is 48.5 Å². The Labute approximate surface area is 224 Å². The average molecular weight is 495 g/mol. The zero-order valence-corrected chi connectivity index (χ0v) is 21.1. The molecule has 0 atom stereocenters. The lowest BCUT2D eigenvalue weighted by Gasteiger charge is -2.11. The molecule has 9 rings (SSSR count). The van der Waals surface area contributed by atoms with Crippen LogP contribution in [0, 0.1) is 0 Å². The second-order valence-electron chi connectivity index (χ2n) is 10.9. The summed E-state index contributed by atoms with van der Waals surface area (Å²) in [4.78, 5) is 0. The first-order chi connectivity index (χ1) is 19.2. The van der Waals surface area contributed by atoms with Crippen LogP contribution in [0.15, 0.2) is 127 Å². The number of aromatic hydroxyl groups is 1. The van der Waals surface area contributed by atoms with Crippen molar-refractivity contribution in [1.29, 1.82) is 0 Å². The van der Waals surface area contributed by atoms with Gasteiger partial charge in [-0.2, -0.15) is 0 Å². The molecule has 1 nitrogen and oxygen atoms in total. The van der Waals surface area contributed by atoms with Crippen molar-refractivity contribution in [2.75, 3.05) is 0 Å². The van der Waals surface area contributed by atoms with E-state index in [0.717, 1.165) is 32.3 Å². The van der Waals surface area contributed by atoms with Gasteiger partial charge in [-0.3, -0.25) is 0 Å². The van der Waals surface area contributed by atoms with Gasteiger partial charge in [0, 0.05) is 10.8 Å². The molecule has 0 aliphatic rings. The Kier molecular flexibility index (Phi) is 3.99. The summed E-state index contributed by atoms with van der Waals surface area (Å²) >= 11 is 0. The van der Waals surface area contributed by atoms with Crippen molar-refractivity contribution < 1.29 is 5.11 Å². The lowest BCUT2D eigenvalue weighted by atomic mass is 9.94. The fraction of sp³-hybridized carbons (Fsp3) is 0. The Bertz CT molecular complexity index is 2500. The third-order valence-electron chi connectivity index (χ3n) is 8.48. The summed E-state index contributed by atoms with van der Waals surface area (Å²) in [5.41, 5.74) is 0. The molecule has 0 spiro atoms. The summed E-state index contributed by atoms with van der Waals surface area (Å²) in [6.07, 6.45) is 0. The summed E-state index contributed by atoms with van der Waals surface area (Å²) in [6.45, 7) is 0. The van der Waals surface area contributed by atoms with Gasteiger partial charge in [-0.05, 0) is 154 Å². The van der Waals surface area contributed by atoms with E-state index in [0.29, 0.717) is 5.75 Å². The SMILES string of the molecule is Oc1c2cc3ccccc3cc2cc2cc3cc4cc5cc6cc7ccccc7cc6cc5cc4cc3cc12. The maximum Gasteiger partial charge on any atom is 0.131 e. The molecule has 1 N–H and O–H groups in total. The fourth-order valence-electron chi connectivity index (χ4n) is 6.48. The topological polar surface area (TPSA) is 20.2 Å². The highest BCUT2D eigenvalue weighted by Gasteiger charge is 2.11. The van der Waals surface area contributed by atoms with Crippen molar-refractivity contribution in [3.05, 3.63) is 127 Å². The number of hydrogen-bond donors (Lipinski definition) is 1. The van der Waals surface area contributed by atoms with Crippen molar-refractivity contribution >= 4 is 86.2 Å². The van der Waals surface area contributed by atoms with Crippen molar-refractivity contribution in [3.63, 3.8) is 0 Å². The average Bonchev–Trinajstić information content (AvgIpc) is 2.95. The van der Waals surface area contributed by atoms with Crippen LogP contribution in [-0.4, -0.2) is 5.11 Å². The standard InChI is InChI=1S/C38H22O/c39-38-36-20-25-8-4-3-7-24(25)11-34(36)19-35-18-32-16-30-14-28-12-26-9-22-5-1-2-6-23(22)10-27(26)13-29(28)15-31(30)17-33(32)21-37(35)38/h1-21,39H. The van der Waals surface area contributed by atoms with Crippen LogP contribution in [0.25, 0.3) is 86.2 Å². The van der Waals surface area contributed by atoms with Crippen LogP contribution in [0.4, 0.5) is 0 Å². The highest BCUT2D eigenvalue weighted by Crippen LogP contribution is 2.39. The molecule has 0 unspecified atom stereocenters. The fourth-order valence-corrected chi connectivity index (χ4v) is 6.48. The van der Waals surface area contributed by atoms with Crippen LogP contribution in [0.3, 0.4) is 0 Å². The van der Waals surface area contributed by atoms with Gasteiger partial charge in [0.05, 0.1) is 0 Å². The summed E-state index contributed by atoms with van der Waals surface area (Å²) in [7, 11) is 0. The minimum atomic E-state index is 0.354. The smallest absolute Gasteiger partial charge is 0.131 e. The van der Waals surface area contributed by atoms with Gasteiger partial charge in [0.25, 0.3) is 0 Å².